The van der Waals surface area contributed by atoms with E-state index in [2.05, 4.69) is 51.5 Å². The molecule has 3 rings (SSSR count). The van der Waals surface area contributed by atoms with E-state index in [0.29, 0.717) is 19.0 Å². The fraction of sp³-hybridized carbons (Fsp3) is 0.478. The molecule has 1 fully saturated rings. The molecule has 0 amide bonds. The highest BCUT2D eigenvalue weighted by molar-refractivity contribution is 14.0. The normalized spacial score (nSPS) is 20.0. The number of rotatable bonds is 7. The minimum atomic E-state index is 0. The number of anilines is 1. The smallest absolute Gasteiger partial charge is 0.191 e. The summed E-state index contributed by atoms with van der Waals surface area (Å²) in [5.74, 6) is 1.70. The molecular formula is C23H34IN5O2. The molecule has 0 bridgehead atoms. The predicted molar refractivity (Wildman–Crippen MR) is 136 cm³/mol. The van der Waals surface area contributed by atoms with Crippen LogP contribution in [0, 0.1) is 0 Å². The van der Waals surface area contributed by atoms with Crippen LogP contribution in [0.5, 0.6) is 0 Å². The van der Waals surface area contributed by atoms with E-state index >= 15 is 0 Å². The Morgan fingerprint density at radius 1 is 1.16 bits per heavy atom. The van der Waals surface area contributed by atoms with E-state index in [9.17, 15) is 5.11 Å². The standard InChI is InChI=1S/C23H33N5O2.HI/c1-17-14-28(15-18(2)30-17)22-10-9-19(11-25-22)12-26-23(24-3)27-13-21(16-29)20-7-5-4-6-8-20;/h4-11,17-18,21,29H,12-16H2,1-3H3,(H2,24,26,27);1H. The Bertz CT molecular complexity index is 793. The van der Waals surface area contributed by atoms with Crippen molar-refractivity contribution in [2.45, 2.75) is 38.5 Å². The number of halogens is 1. The molecule has 1 saturated heterocycles. The number of ether oxygens (including phenoxy) is 1. The number of benzene rings is 1. The highest BCUT2D eigenvalue weighted by Crippen LogP contribution is 2.18. The number of aliphatic hydroxyl groups excluding tert-OH is 1. The number of aliphatic hydroxyl groups is 1. The maximum atomic E-state index is 9.72. The Labute approximate surface area is 202 Å². The number of pyridine rings is 1. The second-order valence-corrected chi connectivity index (χ2v) is 7.78. The van der Waals surface area contributed by atoms with Crippen LogP contribution in [0.3, 0.4) is 0 Å². The lowest BCUT2D eigenvalue weighted by Crippen LogP contribution is -2.45. The Morgan fingerprint density at radius 2 is 1.87 bits per heavy atom. The fourth-order valence-electron chi connectivity index (χ4n) is 3.71. The molecule has 1 aliphatic heterocycles. The SMILES string of the molecule is CN=C(NCc1ccc(N2CC(C)OC(C)C2)nc1)NCC(CO)c1ccccc1.I. The molecule has 2 aromatic rings. The molecule has 3 N–H and O–H groups in total. The van der Waals surface area contributed by atoms with Gasteiger partial charge in [-0.2, -0.15) is 0 Å². The summed E-state index contributed by atoms with van der Waals surface area (Å²) in [6.07, 6.45) is 2.33. The van der Waals surface area contributed by atoms with Crippen molar-refractivity contribution >= 4 is 35.8 Å². The largest absolute Gasteiger partial charge is 0.396 e. The van der Waals surface area contributed by atoms with Crippen LogP contribution in [0.4, 0.5) is 5.82 Å². The molecule has 3 atom stereocenters. The number of hydrogen-bond acceptors (Lipinski definition) is 5. The van der Waals surface area contributed by atoms with Gasteiger partial charge in [0, 0.05) is 45.3 Å². The number of nitrogens with zero attached hydrogens (tertiary/aromatic N) is 3. The molecule has 170 valence electrons. The first-order valence-corrected chi connectivity index (χ1v) is 10.5. The van der Waals surface area contributed by atoms with Crippen molar-refractivity contribution in [3.63, 3.8) is 0 Å². The van der Waals surface area contributed by atoms with Gasteiger partial charge in [-0.3, -0.25) is 4.99 Å². The van der Waals surface area contributed by atoms with E-state index < -0.39 is 0 Å². The molecule has 0 radical (unpaired) electrons. The van der Waals surface area contributed by atoms with E-state index in [0.717, 1.165) is 30.0 Å². The van der Waals surface area contributed by atoms with Gasteiger partial charge in [0.2, 0.25) is 0 Å². The Balaban J connectivity index is 0.00000341. The first-order chi connectivity index (χ1) is 14.6. The summed E-state index contributed by atoms with van der Waals surface area (Å²) in [6, 6.07) is 14.2. The molecular weight excluding hydrogens is 505 g/mol. The van der Waals surface area contributed by atoms with Crippen molar-refractivity contribution in [2.24, 2.45) is 4.99 Å². The van der Waals surface area contributed by atoms with Gasteiger partial charge in [0.15, 0.2) is 5.96 Å². The van der Waals surface area contributed by atoms with Crippen LogP contribution >= 0.6 is 24.0 Å². The maximum Gasteiger partial charge on any atom is 0.191 e. The molecule has 0 saturated carbocycles. The number of hydrogen-bond donors (Lipinski definition) is 3. The molecule has 2 heterocycles. The van der Waals surface area contributed by atoms with Crippen molar-refractivity contribution in [3.05, 3.63) is 59.8 Å². The molecule has 1 aromatic heterocycles. The van der Waals surface area contributed by atoms with E-state index in [4.69, 9.17) is 4.74 Å². The van der Waals surface area contributed by atoms with Gasteiger partial charge in [-0.05, 0) is 31.0 Å². The zero-order valence-electron chi connectivity index (χ0n) is 18.5. The lowest BCUT2D eigenvalue weighted by molar-refractivity contribution is -0.00545. The summed E-state index contributed by atoms with van der Waals surface area (Å²) in [5, 5.41) is 16.3. The lowest BCUT2D eigenvalue weighted by atomic mass is 10.0. The van der Waals surface area contributed by atoms with Gasteiger partial charge in [-0.1, -0.05) is 36.4 Å². The molecule has 1 aromatic carbocycles. The number of nitrogens with one attached hydrogen (secondary N) is 2. The van der Waals surface area contributed by atoms with Gasteiger partial charge >= 0.3 is 0 Å². The van der Waals surface area contributed by atoms with E-state index in [1.54, 1.807) is 7.05 Å². The average Bonchev–Trinajstić information content (AvgIpc) is 2.76. The van der Waals surface area contributed by atoms with Gasteiger partial charge in [0.1, 0.15) is 5.82 Å². The van der Waals surface area contributed by atoms with Crippen LogP contribution in [0.15, 0.2) is 53.7 Å². The van der Waals surface area contributed by atoms with Crippen LogP contribution in [-0.2, 0) is 11.3 Å². The van der Waals surface area contributed by atoms with Gasteiger partial charge in [-0.15, -0.1) is 24.0 Å². The third kappa shape index (κ3) is 7.62. The molecule has 3 unspecified atom stereocenters. The Kier molecular flexibility index (Phi) is 10.5. The zero-order valence-corrected chi connectivity index (χ0v) is 20.8. The molecule has 8 heteroatoms. The monoisotopic (exact) mass is 539 g/mol. The number of morpholine rings is 1. The first kappa shape index (κ1) is 25.4. The lowest BCUT2D eigenvalue weighted by Gasteiger charge is -2.36. The Hall–Kier alpha value is -1.91. The maximum absolute atomic E-state index is 9.72. The van der Waals surface area contributed by atoms with Gasteiger partial charge < -0.3 is 25.4 Å². The van der Waals surface area contributed by atoms with Crippen molar-refractivity contribution in [2.75, 3.05) is 38.2 Å². The van der Waals surface area contributed by atoms with Crippen LogP contribution in [0.2, 0.25) is 0 Å². The van der Waals surface area contributed by atoms with Gasteiger partial charge in [0.05, 0.1) is 18.8 Å². The van der Waals surface area contributed by atoms with Crippen LogP contribution in [0.1, 0.15) is 30.9 Å². The van der Waals surface area contributed by atoms with Crippen molar-refractivity contribution < 1.29 is 9.84 Å². The molecule has 31 heavy (non-hydrogen) atoms. The predicted octanol–water partition coefficient (Wildman–Crippen LogP) is 2.75. The quantitative estimate of drug-likeness (QED) is 0.285. The number of aromatic nitrogens is 1. The van der Waals surface area contributed by atoms with Crippen LogP contribution < -0.4 is 15.5 Å². The number of aliphatic imine (C=N–C) groups is 1. The summed E-state index contributed by atoms with van der Waals surface area (Å²) in [6.45, 7) is 7.22. The van der Waals surface area contributed by atoms with Crippen molar-refractivity contribution in [3.8, 4) is 0 Å². The molecule has 0 aliphatic carbocycles. The molecule has 7 nitrogen and oxygen atoms in total. The summed E-state index contributed by atoms with van der Waals surface area (Å²) in [5.41, 5.74) is 2.19. The molecule has 1 aliphatic rings. The van der Waals surface area contributed by atoms with Crippen molar-refractivity contribution in [1.82, 2.24) is 15.6 Å². The van der Waals surface area contributed by atoms with Gasteiger partial charge in [0.25, 0.3) is 0 Å². The third-order valence-corrected chi connectivity index (χ3v) is 5.24. The highest BCUT2D eigenvalue weighted by Gasteiger charge is 2.23. The van der Waals surface area contributed by atoms with E-state index in [-0.39, 0.29) is 48.7 Å². The first-order valence-electron chi connectivity index (χ1n) is 10.5. The minimum Gasteiger partial charge on any atom is -0.396 e. The second kappa shape index (κ2) is 12.8. The minimum absolute atomic E-state index is 0. The summed E-state index contributed by atoms with van der Waals surface area (Å²) >= 11 is 0. The average molecular weight is 539 g/mol. The van der Waals surface area contributed by atoms with Crippen molar-refractivity contribution in [1.29, 1.82) is 0 Å². The third-order valence-electron chi connectivity index (χ3n) is 5.24. The van der Waals surface area contributed by atoms with E-state index in [1.165, 1.54) is 0 Å². The summed E-state index contributed by atoms with van der Waals surface area (Å²) in [4.78, 5) is 11.2. The van der Waals surface area contributed by atoms with Crippen LogP contribution in [0.25, 0.3) is 0 Å². The second-order valence-electron chi connectivity index (χ2n) is 7.78. The fourth-order valence-corrected chi connectivity index (χ4v) is 3.71. The summed E-state index contributed by atoms with van der Waals surface area (Å²) < 4.78 is 5.80. The highest BCUT2D eigenvalue weighted by atomic mass is 127. The number of guanidine groups is 1. The Morgan fingerprint density at radius 3 is 2.45 bits per heavy atom. The summed E-state index contributed by atoms with van der Waals surface area (Å²) in [7, 11) is 1.74. The zero-order chi connectivity index (χ0) is 21.3. The topological polar surface area (TPSA) is 82.0 Å². The molecule has 0 spiro atoms. The van der Waals surface area contributed by atoms with E-state index in [1.807, 2.05) is 36.5 Å². The van der Waals surface area contributed by atoms with Gasteiger partial charge in [-0.25, -0.2) is 4.98 Å². The van der Waals surface area contributed by atoms with Crippen LogP contribution in [-0.4, -0.2) is 61.5 Å².